The average Bonchev–Trinajstić information content (AvgIpc) is 2.67. The molecular weight excluding hydrogens is 338 g/mol. The lowest BCUT2D eigenvalue weighted by Gasteiger charge is -2.36. The molecule has 3 N–H and O–H groups in total. The molecular formula is C22H35N3O2. The van der Waals surface area contributed by atoms with E-state index in [9.17, 15) is 9.90 Å². The first-order chi connectivity index (χ1) is 13.0. The molecule has 5 nitrogen and oxygen atoms in total. The van der Waals surface area contributed by atoms with Gasteiger partial charge < -0.3 is 20.6 Å². The van der Waals surface area contributed by atoms with E-state index in [1.165, 1.54) is 19.3 Å². The Balaban J connectivity index is 1.55. The molecule has 0 saturated carbocycles. The summed E-state index contributed by atoms with van der Waals surface area (Å²) in [4.78, 5) is 15.4. The Hall–Kier alpha value is -1.59. The first-order valence-electron chi connectivity index (χ1n) is 10.5. The SMILES string of the molecule is CCC1CCN(C[C@@H](NC(=O)[C@H]2Cc3ccc(O)cc3CN2)C(C)C)CC1. The minimum absolute atomic E-state index is 0.0934. The van der Waals surface area contributed by atoms with Crippen molar-refractivity contribution in [2.24, 2.45) is 11.8 Å². The molecule has 150 valence electrons. The topological polar surface area (TPSA) is 64.6 Å². The second kappa shape index (κ2) is 9.07. The molecule has 2 aliphatic rings. The Morgan fingerprint density at radius 2 is 2.04 bits per heavy atom. The highest BCUT2D eigenvalue weighted by Crippen LogP contribution is 2.23. The zero-order valence-electron chi connectivity index (χ0n) is 17.0. The molecule has 1 aromatic rings. The number of nitrogens with zero attached hydrogens (tertiary/aromatic N) is 1. The summed E-state index contributed by atoms with van der Waals surface area (Å²) in [6, 6.07) is 5.40. The molecule has 0 spiro atoms. The molecule has 1 saturated heterocycles. The van der Waals surface area contributed by atoms with Gasteiger partial charge in [-0.3, -0.25) is 4.79 Å². The van der Waals surface area contributed by atoms with E-state index in [4.69, 9.17) is 0 Å². The van der Waals surface area contributed by atoms with Crippen molar-refractivity contribution >= 4 is 5.91 Å². The van der Waals surface area contributed by atoms with Crippen molar-refractivity contribution in [2.75, 3.05) is 19.6 Å². The molecule has 2 aliphatic heterocycles. The van der Waals surface area contributed by atoms with Gasteiger partial charge in [0.1, 0.15) is 5.75 Å². The van der Waals surface area contributed by atoms with Gasteiger partial charge >= 0.3 is 0 Å². The number of carbonyl (C=O) groups is 1. The van der Waals surface area contributed by atoms with Crippen molar-refractivity contribution in [3.63, 3.8) is 0 Å². The molecule has 2 heterocycles. The Morgan fingerprint density at radius 1 is 1.30 bits per heavy atom. The van der Waals surface area contributed by atoms with Crippen molar-refractivity contribution in [2.45, 2.75) is 65.1 Å². The van der Waals surface area contributed by atoms with Crippen molar-refractivity contribution < 1.29 is 9.90 Å². The number of amides is 1. The number of phenols is 1. The van der Waals surface area contributed by atoms with E-state index in [1.54, 1.807) is 12.1 Å². The number of hydrogen-bond donors (Lipinski definition) is 3. The van der Waals surface area contributed by atoms with Crippen LogP contribution in [-0.4, -0.2) is 47.6 Å². The van der Waals surface area contributed by atoms with E-state index in [2.05, 4.69) is 36.3 Å². The number of fused-ring (bicyclic) bond motifs is 1. The van der Waals surface area contributed by atoms with Gasteiger partial charge in [0, 0.05) is 19.1 Å². The summed E-state index contributed by atoms with van der Waals surface area (Å²) < 4.78 is 0. The quantitative estimate of drug-likeness (QED) is 0.717. The highest BCUT2D eigenvalue weighted by atomic mass is 16.3. The summed E-state index contributed by atoms with van der Waals surface area (Å²) in [5, 5.41) is 16.3. The number of likely N-dealkylation sites (tertiary alicyclic amines) is 1. The second-order valence-corrected chi connectivity index (χ2v) is 8.60. The predicted octanol–water partition coefficient (Wildman–Crippen LogP) is 2.67. The largest absolute Gasteiger partial charge is 0.508 e. The fraction of sp³-hybridized carbons (Fsp3) is 0.682. The number of aromatic hydroxyl groups is 1. The maximum atomic E-state index is 12.9. The normalized spacial score (nSPS) is 22.4. The molecule has 1 amide bonds. The average molecular weight is 374 g/mol. The molecule has 1 aromatic carbocycles. The predicted molar refractivity (Wildman–Crippen MR) is 109 cm³/mol. The third kappa shape index (κ3) is 5.23. The lowest BCUT2D eigenvalue weighted by atomic mass is 9.93. The van der Waals surface area contributed by atoms with Gasteiger partial charge in [-0.2, -0.15) is 0 Å². The molecule has 1 fully saturated rings. The number of carbonyl (C=O) groups excluding carboxylic acids is 1. The number of hydrogen-bond acceptors (Lipinski definition) is 4. The Labute approximate surface area is 163 Å². The van der Waals surface area contributed by atoms with Crippen LogP contribution in [0.5, 0.6) is 5.75 Å². The third-order valence-corrected chi connectivity index (χ3v) is 6.34. The van der Waals surface area contributed by atoms with Crippen molar-refractivity contribution in [1.29, 1.82) is 0 Å². The first-order valence-corrected chi connectivity index (χ1v) is 10.5. The van der Waals surface area contributed by atoms with Crippen molar-refractivity contribution in [3.8, 4) is 5.75 Å². The van der Waals surface area contributed by atoms with Gasteiger partial charge in [-0.1, -0.05) is 33.3 Å². The molecule has 5 heteroatoms. The lowest BCUT2D eigenvalue weighted by molar-refractivity contribution is -0.124. The van der Waals surface area contributed by atoms with E-state index in [-0.39, 0.29) is 23.7 Å². The maximum absolute atomic E-state index is 12.9. The number of phenolic OH excluding ortho intramolecular Hbond substituents is 1. The van der Waals surface area contributed by atoms with Gasteiger partial charge in [-0.25, -0.2) is 0 Å². The van der Waals surface area contributed by atoms with Gasteiger partial charge in [0.15, 0.2) is 0 Å². The van der Waals surface area contributed by atoms with E-state index in [0.717, 1.165) is 36.7 Å². The zero-order valence-corrected chi connectivity index (χ0v) is 17.0. The zero-order chi connectivity index (χ0) is 19.4. The second-order valence-electron chi connectivity index (χ2n) is 8.60. The van der Waals surface area contributed by atoms with E-state index >= 15 is 0 Å². The van der Waals surface area contributed by atoms with Crippen LogP contribution in [0.2, 0.25) is 0 Å². The molecule has 0 aromatic heterocycles. The summed E-state index contributed by atoms with van der Waals surface area (Å²) in [5.74, 6) is 1.66. The molecule has 2 atom stereocenters. The van der Waals surface area contributed by atoms with Crippen LogP contribution < -0.4 is 10.6 Å². The fourth-order valence-corrected chi connectivity index (χ4v) is 4.25. The number of benzene rings is 1. The summed E-state index contributed by atoms with van der Waals surface area (Å²) in [5.41, 5.74) is 2.23. The van der Waals surface area contributed by atoms with Crippen LogP contribution in [-0.2, 0) is 17.8 Å². The van der Waals surface area contributed by atoms with Crippen LogP contribution in [0, 0.1) is 11.8 Å². The van der Waals surface area contributed by atoms with Crippen LogP contribution >= 0.6 is 0 Å². The fourth-order valence-electron chi connectivity index (χ4n) is 4.25. The molecule has 0 aliphatic carbocycles. The Kier molecular flexibility index (Phi) is 6.77. The number of rotatable bonds is 6. The first kappa shape index (κ1) is 20.2. The number of piperidine rings is 1. The minimum atomic E-state index is -0.200. The summed E-state index contributed by atoms with van der Waals surface area (Å²) >= 11 is 0. The summed E-state index contributed by atoms with van der Waals surface area (Å²) in [7, 11) is 0. The van der Waals surface area contributed by atoms with Crippen molar-refractivity contribution in [3.05, 3.63) is 29.3 Å². The third-order valence-electron chi connectivity index (χ3n) is 6.34. The Morgan fingerprint density at radius 3 is 2.70 bits per heavy atom. The van der Waals surface area contributed by atoms with E-state index < -0.39 is 0 Å². The smallest absolute Gasteiger partial charge is 0.237 e. The minimum Gasteiger partial charge on any atom is -0.508 e. The van der Waals surface area contributed by atoms with Crippen LogP contribution in [0.15, 0.2) is 18.2 Å². The van der Waals surface area contributed by atoms with Crippen LogP contribution in [0.3, 0.4) is 0 Å². The van der Waals surface area contributed by atoms with Crippen molar-refractivity contribution in [1.82, 2.24) is 15.5 Å². The molecule has 0 unspecified atom stereocenters. The maximum Gasteiger partial charge on any atom is 0.237 e. The standard InChI is InChI=1S/C22H35N3O2/c1-4-16-7-9-25(10-8-16)14-21(15(2)3)24-22(27)20-12-17-5-6-19(26)11-18(17)13-23-20/h5-6,11,15-16,20-21,23,26H,4,7-10,12-14H2,1-3H3,(H,24,27)/t20-,21-/m1/s1. The monoisotopic (exact) mass is 373 g/mol. The molecule has 3 rings (SSSR count). The van der Waals surface area contributed by atoms with Gasteiger partial charge in [0.05, 0.1) is 6.04 Å². The molecule has 0 bridgehead atoms. The highest BCUT2D eigenvalue weighted by Gasteiger charge is 2.28. The Bertz CT molecular complexity index is 638. The number of nitrogens with one attached hydrogen (secondary N) is 2. The van der Waals surface area contributed by atoms with Crippen LogP contribution in [0.25, 0.3) is 0 Å². The van der Waals surface area contributed by atoms with E-state index in [1.807, 2.05) is 6.07 Å². The summed E-state index contributed by atoms with van der Waals surface area (Å²) in [6.45, 7) is 10.5. The molecule has 27 heavy (non-hydrogen) atoms. The molecule has 0 radical (unpaired) electrons. The van der Waals surface area contributed by atoms with E-state index in [0.29, 0.717) is 18.9 Å². The summed E-state index contributed by atoms with van der Waals surface area (Å²) in [6.07, 6.45) is 4.52. The van der Waals surface area contributed by atoms with Crippen LogP contribution in [0.1, 0.15) is 51.2 Å². The van der Waals surface area contributed by atoms with Gasteiger partial charge in [0.25, 0.3) is 0 Å². The van der Waals surface area contributed by atoms with Gasteiger partial charge in [-0.05, 0) is 67.4 Å². The lowest BCUT2D eigenvalue weighted by Crippen LogP contribution is -2.54. The highest BCUT2D eigenvalue weighted by molar-refractivity contribution is 5.82. The van der Waals surface area contributed by atoms with Gasteiger partial charge in [-0.15, -0.1) is 0 Å². The van der Waals surface area contributed by atoms with Crippen LogP contribution in [0.4, 0.5) is 0 Å². The van der Waals surface area contributed by atoms with Gasteiger partial charge in [0.2, 0.25) is 5.91 Å².